The van der Waals surface area contributed by atoms with Gasteiger partial charge in [-0.1, -0.05) is 157 Å². The Bertz CT molecular complexity index is 3930. The molecule has 0 aliphatic carbocycles. The summed E-state index contributed by atoms with van der Waals surface area (Å²) in [6, 6.07) is 94.8. The van der Waals surface area contributed by atoms with Crippen molar-refractivity contribution in [1.29, 1.82) is 0 Å². The van der Waals surface area contributed by atoms with Crippen molar-refractivity contribution < 1.29 is 0 Å². The first-order chi connectivity index (χ1) is 36.7. The van der Waals surface area contributed by atoms with Crippen LogP contribution in [0.3, 0.4) is 0 Å². The summed E-state index contributed by atoms with van der Waals surface area (Å²) < 4.78 is 5.06. The van der Waals surface area contributed by atoms with E-state index in [0.29, 0.717) is 0 Å². The molecule has 0 spiro atoms. The van der Waals surface area contributed by atoms with Gasteiger partial charge in [-0.3, -0.25) is 0 Å². The lowest BCUT2D eigenvalue weighted by molar-refractivity contribution is 1.28. The van der Waals surface area contributed by atoms with Gasteiger partial charge in [-0.25, -0.2) is 0 Å². The fourth-order valence-electron chi connectivity index (χ4n) is 9.94. The first-order valence-electron chi connectivity index (χ1n) is 24.7. The van der Waals surface area contributed by atoms with E-state index in [1.807, 2.05) is 22.7 Å². The molecule has 0 saturated carbocycles. The molecule has 0 atom stereocenters. The Morgan fingerprint density at radius 2 is 0.568 bits per heavy atom. The van der Waals surface area contributed by atoms with E-state index in [-0.39, 0.29) is 0 Å². The van der Waals surface area contributed by atoms with Gasteiger partial charge in [-0.05, 0) is 156 Å². The molecule has 2 nitrogen and oxygen atoms in total. The maximum atomic E-state index is 3.70. The van der Waals surface area contributed by atoms with Gasteiger partial charge in [0.05, 0.1) is 0 Å². The van der Waals surface area contributed by atoms with E-state index < -0.39 is 0 Å². The molecule has 0 radical (unpaired) electrons. The molecule has 0 amide bonds. The smallest absolute Gasteiger partial charge is 0.0462 e. The molecule has 0 unspecified atom stereocenters. The molecule has 346 valence electrons. The fraction of sp³-hybridized carbons (Fsp3) is 0. The van der Waals surface area contributed by atoms with Crippen LogP contribution in [0.4, 0.5) is 34.1 Å². The average molecular weight is 977 g/mol. The topological polar surface area (TPSA) is 6.48 Å². The monoisotopic (exact) mass is 976 g/mol. The Morgan fingerprint density at radius 3 is 0.946 bits per heavy atom. The van der Waals surface area contributed by atoms with E-state index in [0.717, 1.165) is 78.6 Å². The highest BCUT2D eigenvalue weighted by Gasteiger charge is 2.17. The van der Waals surface area contributed by atoms with E-state index in [2.05, 4.69) is 300 Å². The minimum absolute atomic E-state index is 0.914. The van der Waals surface area contributed by atoms with Crippen molar-refractivity contribution in [1.82, 2.24) is 0 Å². The Balaban J connectivity index is 0.956. The van der Waals surface area contributed by atoms with Gasteiger partial charge < -0.3 is 9.80 Å². The number of hydrogen-bond donors (Lipinski definition) is 0. The molecule has 0 aliphatic rings. The van der Waals surface area contributed by atoms with Gasteiger partial charge in [-0.2, -0.15) is 0 Å². The second kappa shape index (κ2) is 19.6. The molecular weight excluding hydrogens is 933 g/mol. The minimum atomic E-state index is 0.914. The molecule has 0 fully saturated rings. The third-order valence-electron chi connectivity index (χ3n) is 13.5. The fourth-order valence-corrected chi connectivity index (χ4v) is 12.2. The molecule has 13 aromatic rings. The molecule has 11 aromatic carbocycles. The third kappa shape index (κ3) is 8.76. The van der Waals surface area contributed by atoms with Crippen LogP contribution in [0.5, 0.6) is 0 Å². The van der Waals surface area contributed by atoms with Crippen LogP contribution < -0.4 is 9.80 Å². The van der Waals surface area contributed by atoms with Crippen LogP contribution in [0.15, 0.2) is 267 Å². The van der Waals surface area contributed by atoms with Crippen molar-refractivity contribution >= 4 is 97.1 Å². The van der Waals surface area contributed by atoms with Crippen LogP contribution >= 0.6 is 22.7 Å². The van der Waals surface area contributed by atoms with E-state index in [9.17, 15) is 0 Å². The van der Waals surface area contributed by atoms with Crippen molar-refractivity contribution in [2.45, 2.75) is 0 Å². The summed E-state index contributed by atoms with van der Waals surface area (Å²) in [4.78, 5) is 4.55. The summed E-state index contributed by atoms with van der Waals surface area (Å²) in [7, 11) is 0. The standard InChI is InChI=1S/C70H44N2S2/c1-5-17-55(18-6-1)71(56-19-7-2-8-20-56)59-39-31-49(32-40-59)29-35-51-45-52(36-30-50-33-41-60(42-34-50)72(57-21-9-3-10-22-57)58-23-11-4-12-24-58)66(54-38-44-64-62-26-14-16-28-68(62)74-70(64)47-54)48-65(51)53-37-43-63-61-25-13-15-27-67(61)73-69(63)46-53/h1-28,31-34,37-48H. The highest BCUT2D eigenvalue weighted by Crippen LogP contribution is 2.42. The SMILES string of the molecule is C(#Cc1cc(C#Cc2ccc(N(c3ccccc3)c3ccccc3)cc2)c(-c2ccc3c(c2)sc2ccccc23)cc1-c1ccc2c(c1)sc1ccccc12)c1ccc(N(c2ccccc2)c2ccccc2)cc1. The maximum Gasteiger partial charge on any atom is 0.0462 e. The number of nitrogens with zero attached hydrogens (tertiary/aromatic N) is 2. The summed E-state index contributed by atoms with van der Waals surface area (Å²) in [5.41, 5.74) is 14.5. The summed E-state index contributed by atoms with van der Waals surface area (Å²) in [5.74, 6) is 14.6. The highest BCUT2D eigenvalue weighted by atomic mass is 32.1. The molecule has 0 N–H and O–H groups in total. The molecular formula is C70H44N2S2. The van der Waals surface area contributed by atoms with E-state index >= 15 is 0 Å². The van der Waals surface area contributed by atoms with Crippen LogP contribution in [0.25, 0.3) is 62.6 Å². The molecule has 0 saturated heterocycles. The zero-order chi connectivity index (χ0) is 49.2. The highest BCUT2D eigenvalue weighted by molar-refractivity contribution is 7.26. The number of thiophene rings is 2. The van der Waals surface area contributed by atoms with Crippen LogP contribution in [-0.4, -0.2) is 0 Å². The summed E-state index contributed by atoms with van der Waals surface area (Å²) in [6.07, 6.45) is 0. The molecule has 13 rings (SSSR count). The Kier molecular flexibility index (Phi) is 11.8. The van der Waals surface area contributed by atoms with Gasteiger partial charge in [0, 0.05) is 96.7 Å². The molecule has 2 heterocycles. The van der Waals surface area contributed by atoms with Gasteiger partial charge in [0.25, 0.3) is 0 Å². The van der Waals surface area contributed by atoms with Crippen LogP contribution in [0.1, 0.15) is 22.3 Å². The zero-order valence-electron chi connectivity index (χ0n) is 40.1. The van der Waals surface area contributed by atoms with Crippen LogP contribution in [0.2, 0.25) is 0 Å². The van der Waals surface area contributed by atoms with Gasteiger partial charge in [0.2, 0.25) is 0 Å². The molecule has 0 bridgehead atoms. The second-order valence-electron chi connectivity index (χ2n) is 18.2. The predicted octanol–water partition coefficient (Wildman–Crippen LogP) is 19.5. The number of para-hydroxylation sites is 4. The average Bonchev–Trinajstić information content (AvgIpc) is 4.04. The maximum absolute atomic E-state index is 3.70. The van der Waals surface area contributed by atoms with Crippen molar-refractivity contribution in [2.75, 3.05) is 9.80 Å². The van der Waals surface area contributed by atoms with Gasteiger partial charge in [-0.15, -0.1) is 22.7 Å². The first-order valence-corrected chi connectivity index (χ1v) is 26.4. The predicted molar refractivity (Wildman–Crippen MR) is 317 cm³/mol. The third-order valence-corrected chi connectivity index (χ3v) is 15.8. The van der Waals surface area contributed by atoms with E-state index in [1.54, 1.807) is 0 Å². The summed E-state index contributed by atoms with van der Waals surface area (Å²) in [6.45, 7) is 0. The second-order valence-corrected chi connectivity index (χ2v) is 20.3. The van der Waals surface area contributed by atoms with Crippen LogP contribution in [0, 0.1) is 23.7 Å². The molecule has 2 aromatic heterocycles. The lowest BCUT2D eigenvalue weighted by Crippen LogP contribution is -2.09. The number of anilines is 6. The Hall–Kier alpha value is -9.42. The first kappa shape index (κ1) is 44.5. The number of fused-ring (bicyclic) bond motifs is 6. The number of hydrogen-bond acceptors (Lipinski definition) is 4. The summed E-state index contributed by atoms with van der Waals surface area (Å²) in [5, 5.41) is 5.09. The molecule has 74 heavy (non-hydrogen) atoms. The largest absolute Gasteiger partial charge is 0.311 e. The van der Waals surface area contributed by atoms with Crippen LogP contribution in [-0.2, 0) is 0 Å². The minimum Gasteiger partial charge on any atom is -0.311 e. The van der Waals surface area contributed by atoms with Crippen molar-refractivity contribution in [2.24, 2.45) is 0 Å². The lowest BCUT2D eigenvalue weighted by atomic mass is 9.90. The van der Waals surface area contributed by atoms with E-state index in [1.165, 1.54) is 40.3 Å². The van der Waals surface area contributed by atoms with Crippen molar-refractivity contribution in [3.63, 3.8) is 0 Å². The zero-order valence-corrected chi connectivity index (χ0v) is 41.7. The van der Waals surface area contributed by atoms with E-state index in [4.69, 9.17) is 0 Å². The van der Waals surface area contributed by atoms with Gasteiger partial charge in [0.1, 0.15) is 0 Å². The summed E-state index contributed by atoms with van der Waals surface area (Å²) >= 11 is 3.67. The number of rotatable bonds is 8. The Morgan fingerprint density at radius 1 is 0.243 bits per heavy atom. The molecule has 0 aliphatic heterocycles. The normalized spacial score (nSPS) is 11.0. The van der Waals surface area contributed by atoms with Crippen molar-refractivity contribution in [3.8, 4) is 45.9 Å². The number of benzene rings is 11. The van der Waals surface area contributed by atoms with Gasteiger partial charge in [0.15, 0.2) is 0 Å². The Labute approximate surface area is 439 Å². The lowest BCUT2D eigenvalue weighted by Gasteiger charge is -2.25. The van der Waals surface area contributed by atoms with Crippen molar-refractivity contribution in [3.05, 3.63) is 289 Å². The molecule has 4 heteroatoms. The van der Waals surface area contributed by atoms with Gasteiger partial charge >= 0.3 is 0 Å². The quantitative estimate of drug-likeness (QED) is 0.140.